The van der Waals surface area contributed by atoms with Crippen molar-refractivity contribution in [3.05, 3.63) is 35.2 Å². The maximum Gasteiger partial charge on any atom is 0.242 e. The molecule has 174 valence electrons. The molecule has 6 rings (SSSR count). The Hall–Kier alpha value is -3.37. The largest absolute Gasteiger partial charge is 0.372 e. The van der Waals surface area contributed by atoms with Crippen LogP contribution in [-0.4, -0.2) is 57.5 Å². The van der Waals surface area contributed by atoms with Crippen LogP contribution in [0.3, 0.4) is 0 Å². The van der Waals surface area contributed by atoms with Crippen molar-refractivity contribution < 1.29 is 23.6 Å². The first-order valence-electron chi connectivity index (χ1n) is 11.0. The van der Waals surface area contributed by atoms with E-state index in [1.807, 2.05) is 24.8 Å². The normalized spacial score (nSPS) is 28.7. The van der Waals surface area contributed by atoms with Gasteiger partial charge in [-0.2, -0.15) is 0 Å². The lowest BCUT2D eigenvalue weighted by Gasteiger charge is -2.55. The SMILES string of the molecule is C[C@@H]1CN2c3c(nc4c(-c5cccnc5)noc4c3Cl)CC3(C(=O)CC(=O)NC3=O)[C@H]2[C@H](C)O1. The molecule has 2 saturated heterocycles. The van der Waals surface area contributed by atoms with Crippen LogP contribution in [0.2, 0.25) is 5.02 Å². The summed E-state index contributed by atoms with van der Waals surface area (Å²) in [6.45, 7) is 4.12. The smallest absolute Gasteiger partial charge is 0.242 e. The highest BCUT2D eigenvalue weighted by Gasteiger charge is 2.63. The van der Waals surface area contributed by atoms with Crippen LogP contribution >= 0.6 is 11.6 Å². The van der Waals surface area contributed by atoms with E-state index < -0.39 is 35.2 Å². The highest BCUT2D eigenvalue weighted by molar-refractivity contribution is 6.38. The Morgan fingerprint density at radius 1 is 1.26 bits per heavy atom. The van der Waals surface area contributed by atoms with E-state index in [9.17, 15) is 14.4 Å². The van der Waals surface area contributed by atoms with Gasteiger partial charge in [0.2, 0.25) is 17.4 Å². The van der Waals surface area contributed by atoms with Crippen LogP contribution in [0.4, 0.5) is 5.69 Å². The molecule has 3 aromatic heterocycles. The van der Waals surface area contributed by atoms with Gasteiger partial charge < -0.3 is 14.2 Å². The van der Waals surface area contributed by atoms with Gasteiger partial charge in [0.1, 0.15) is 21.6 Å². The molecule has 1 unspecified atom stereocenters. The number of ether oxygens (including phenoxy) is 1. The lowest BCUT2D eigenvalue weighted by Crippen LogP contribution is -2.72. The maximum absolute atomic E-state index is 13.4. The minimum atomic E-state index is -1.53. The third kappa shape index (κ3) is 2.78. The summed E-state index contributed by atoms with van der Waals surface area (Å²) in [5, 5.41) is 6.86. The van der Waals surface area contributed by atoms with Crippen LogP contribution in [0.25, 0.3) is 22.4 Å². The molecule has 0 saturated carbocycles. The number of morpholine rings is 1. The summed E-state index contributed by atoms with van der Waals surface area (Å²) in [5.41, 5.74) is 1.42. The summed E-state index contributed by atoms with van der Waals surface area (Å²) in [4.78, 5) is 49.6. The standard InChI is InChI=1S/C23H20ClN5O5/c1-10-9-29-19-13(7-23(21(29)11(2)33-10)14(30)6-15(31)27-22(23)32)26-18-17(12-4-3-5-25-8-12)28-34-20(18)16(19)24/h3-5,8,10-11,21H,6-7,9H2,1-2H3,(H,27,31,32)/t10-,11+,21-,23?/m1/s1. The number of anilines is 1. The number of fused-ring (bicyclic) bond motifs is 5. The minimum absolute atomic E-state index is 0.0170. The van der Waals surface area contributed by atoms with Gasteiger partial charge in [0.05, 0.1) is 36.1 Å². The first kappa shape index (κ1) is 21.2. The van der Waals surface area contributed by atoms with Crippen LogP contribution in [0.1, 0.15) is 26.0 Å². The molecule has 3 aromatic rings. The number of carbonyl (C=O) groups is 3. The molecular weight excluding hydrogens is 462 g/mol. The van der Waals surface area contributed by atoms with Gasteiger partial charge in [0, 0.05) is 30.9 Å². The first-order chi connectivity index (χ1) is 16.3. The summed E-state index contributed by atoms with van der Waals surface area (Å²) < 4.78 is 11.7. The van der Waals surface area contributed by atoms with E-state index >= 15 is 0 Å². The Labute approximate surface area is 198 Å². The zero-order valence-electron chi connectivity index (χ0n) is 18.4. The fraction of sp³-hybridized carbons (Fsp3) is 0.391. The third-order valence-corrected chi connectivity index (χ3v) is 7.28. The molecule has 1 N–H and O–H groups in total. The summed E-state index contributed by atoms with van der Waals surface area (Å²) in [6.07, 6.45) is 2.22. The van der Waals surface area contributed by atoms with E-state index in [2.05, 4.69) is 15.5 Å². The average Bonchev–Trinajstić information content (AvgIpc) is 3.21. The molecule has 2 amide bonds. The van der Waals surface area contributed by atoms with Crippen molar-refractivity contribution in [1.29, 1.82) is 0 Å². The average molecular weight is 482 g/mol. The number of halogens is 1. The molecule has 1 spiro atoms. The fourth-order valence-corrected chi connectivity index (χ4v) is 5.99. The fourth-order valence-electron chi connectivity index (χ4n) is 5.65. The van der Waals surface area contributed by atoms with Crippen LogP contribution in [0.5, 0.6) is 0 Å². The van der Waals surface area contributed by atoms with Crippen molar-refractivity contribution in [2.75, 3.05) is 11.4 Å². The first-order valence-corrected chi connectivity index (χ1v) is 11.4. The molecule has 10 nitrogen and oxygen atoms in total. The number of piperidine rings is 1. The molecule has 6 heterocycles. The summed E-state index contributed by atoms with van der Waals surface area (Å²) in [5.74, 6) is -1.67. The highest BCUT2D eigenvalue weighted by Crippen LogP contribution is 2.51. The van der Waals surface area contributed by atoms with Crippen LogP contribution in [0.15, 0.2) is 29.0 Å². The van der Waals surface area contributed by atoms with E-state index in [0.29, 0.717) is 45.3 Å². The van der Waals surface area contributed by atoms with Gasteiger partial charge >= 0.3 is 0 Å². The van der Waals surface area contributed by atoms with Crippen molar-refractivity contribution in [2.45, 2.75) is 44.9 Å². The lowest BCUT2D eigenvalue weighted by atomic mass is 9.64. The monoisotopic (exact) mass is 481 g/mol. The number of nitrogens with zero attached hydrogens (tertiary/aromatic N) is 4. The summed E-state index contributed by atoms with van der Waals surface area (Å²) >= 11 is 6.89. The van der Waals surface area contributed by atoms with Crippen molar-refractivity contribution in [1.82, 2.24) is 20.4 Å². The van der Waals surface area contributed by atoms with Gasteiger partial charge in [-0.15, -0.1) is 0 Å². The van der Waals surface area contributed by atoms with Gasteiger partial charge in [0.25, 0.3) is 0 Å². The number of rotatable bonds is 1. The number of pyridine rings is 2. The van der Waals surface area contributed by atoms with E-state index in [1.165, 1.54) is 0 Å². The number of hydrogen-bond acceptors (Lipinski definition) is 9. The molecule has 4 atom stereocenters. The Morgan fingerprint density at radius 3 is 2.82 bits per heavy atom. The van der Waals surface area contributed by atoms with Gasteiger partial charge in [-0.25, -0.2) is 4.98 Å². The van der Waals surface area contributed by atoms with Gasteiger partial charge in [-0.3, -0.25) is 24.7 Å². The molecule has 3 aliphatic rings. The Bertz CT molecular complexity index is 1350. The molecule has 0 radical (unpaired) electrons. The molecule has 2 fully saturated rings. The molecule has 0 aromatic carbocycles. The second-order valence-electron chi connectivity index (χ2n) is 9.05. The number of amides is 2. The topological polar surface area (TPSA) is 128 Å². The zero-order chi connectivity index (χ0) is 23.8. The minimum Gasteiger partial charge on any atom is -0.372 e. The highest BCUT2D eigenvalue weighted by atomic mass is 35.5. The van der Waals surface area contributed by atoms with Crippen LogP contribution in [0, 0.1) is 5.41 Å². The maximum atomic E-state index is 13.4. The van der Waals surface area contributed by atoms with E-state index in [1.54, 1.807) is 18.5 Å². The second-order valence-corrected chi connectivity index (χ2v) is 9.42. The van der Waals surface area contributed by atoms with Crippen molar-refractivity contribution in [3.8, 4) is 11.3 Å². The number of imide groups is 1. The van der Waals surface area contributed by atoms with Gasteiger partial charge in [0.15, 0.2) is 5.78 Å². The number of carbonyl (C=O) groups excluding carboxylic acids is 3. The van der Waals surface area contributed by atoms with E-state index in [0.717, 1.165) is 0 Å². The number of ketones is 1. The van der Waals surface area contributed by atoms with E-state index in [4.69, 9.17) is 25.8 Å². The zero-order valence-corrected chi connectivity index (χ0v) is 19.1. The predicted molar refractivity (Wildman–Crippen MR) is 120 cm³/mol. The van der Waals surface area contributed by atoms with Gasteiger partial charge in [-0.1, -0.05) is 16.8 Å². The number of nitrogens with one attached hydrogen (secondary N) is 1. The number of hydrogen-bond donors (Lipinski definition) is 1. The quantitative estimate of drug-likeness (QED) is 0.410. The third-order valence-electron chi connectivity index (χ3n) is 6.93. The van der Waals surface area contributed by atoms with E-state index in [-0.39, 0.29) is 18.9 Å². The molecule has 34 heavy (non-hydrogen) atoms. The van der Waals surface area contributed by atoms with Crippen LogP contribution < -0.4 is 10.2 Å². The predicted octanol–water partition coefficient (Wildman–Crippen LogP) is 2.08. The summed E-state index contributed by atoms with van der Waals surface area (Å²) in [6, 6.07) is 2.94. The van der Waals surface area contributed by atoms with Crippen molar-refractivity contribution in [3.63, 3.8) is 0 Å². The second kappa shape index (κ2) is 7.31. The lowest BCUT2D eigenvalue weighted by molar-refractivity contribution is -0.158. The molecule has 3 aliphatic heterocycles. The van der Waals surface area contributed by atoms with Crippen molar-refractivity contribution >= 4 is 46.0 Å². The Morgan fingerprint density at radius 2 is 2.09 bits per heavy atom. The summed E-state index contributed by atoms with van der Waals surface area (Å²) in [7, 11) is 0. The van der Waals surface area contributed by atoms with Crippen molar-refractivity contribution in [2.24, 2.45) is 5.41 Å². The molecular formula is C23H20ClN5O5. The number of aromatic nitrogens is 3. The van der Waals surface area contributed by atoms with Gasteiger partial charge in [-0.05, 0) is 26.0 Å². The Kier molecular flexibility index (Phi) is 4.56. The van der Waals surface area contributed by atoms with Crippen LogP contribution in [-0.2, 0) is 25.5 Å². The molecule has 0 bridgehead atoms. The number of Topliss-reactive ketones (excluding diaryl/α,β-unsaturated/α-hetero) is 1. The molecule has 0 aliphatic carbocycles. The Balaban J connectivity index is 1.61. The molecule has 11 heteroatoms.